The highest BCUT2D eigenvalue weighted by Gasteiger charge is 1.97. The number of rotatable bonds is 6. The van der Waals surface area contributed by atoms with E-state index in [1.165, 1.54) is 0 Å². The Balaban J connectivity index is 3.04. The molecule has 0 aliphatic heterocycles. The summed E-state index contributed by atoms with van der Waals surface area (Å²) in [5.74, 6) is 0.0459. The molecular weight excluding hydrogens is 142 g/mol. The van der Waals surface area contributed by atoms with Gasteiger partial charge >= 0.3 is 0 Å². The lowest BCUT2D eigenvalue weighted by molar-refractivity contribution is -0.122. The number of hydrogen-bond acceptors (Lipinski definition) is 3. The molecule has 0 atom stereocenters. The predicted octanol–water partition coefficient (Wildman–Crippen LogP) is -0.244. The topological polar surface area (TPSA) is 67.1 Å². The lowest BCUT2D eigenvalue weighted by Gasteiger charge is -2.01. The molecule has 66 valence electrons. The van der Waals surface area contributed by atoms with Crippen LogP contribution in [-0.2, 0) is 4.79 Å². The average molecular weight is 159 g/mol. The van der Waals surface area contributed by atoms with E-state index in [1.54, 1.807) is 7.05 Å². The fourth-order valence-electron chi connectivity index (χ4n) is 0.809. The van der Waals surface area contributed by atoms with Crippen molar-refractivity contribution in [2.24, 2.45) is 5.73 Å². The lowest BCUT2D eigenvalue weighted by Crippen LogP contribution is -2.33. The summed E-state index contributed by atoms with van der Waals surface area (Å²) in [7, 11) is 1.68. The van der Waals surface area contributed by atoms with E-state index in [1.807, 2.05) is 0 Å². The maximum absolute atomic E-state index is 10.8. The van der Waals surface area contributed by atoms with Crippen LogP contribution in [0.5, 0.6) is 0 Å². The first-order valence-electron chi connectivity index (χ1n) is 3.97. The van der Waals surface area contributed by atoms with E-state index in [2.05, 4.69) is 10.9 Å². The van der Waals surface area contributed by atoms with Crippen LogP contribution in [0.3, 0.4) is 0 Å². The Morgan fingerprint density at radius 2 is 2.09 bits per heavy atom. The first-order chi connectivity index (χ1) is 5.31. The van der Waals surface area contributed by atoms with E-state index >= 15 is 0 Å². The van der Waals surface area contributed by atoms with Gasteiger partial charge in [-0.25, -0.2) is 5.43 Å². The molecule has 0 fully saturated rings. The lowest BCUT2D eigenvalue weighted by atomic mass is 10.2. The highest BCUT2D eigenvalue weighted by atomic mass is 16.2. The normalized spacial score (nSPS) is 9.64. The van der Waals surface area contributed by atoms with Crippen LogP contribution in [0.4, 0.5) is 0 Å². The van der Waals surface area contributed by atoms with Crippen LogP contribution in [-0.4, -0.2) is 19.5 Å². The van der Waals surface area contributed by atoms with E-state index in [0.717, 1.165) is 19.3 Å². The highest BCUT2D eigenvalue weighted by Crippen LogP contribution is 1.97. The van der Waals surface area contributed by atoms with Crippen molar-refractivity contribution in [3.8, 4) is 0 Å². The molecule has 4 heteroatoms. The number of hydrazine groups is 1. The zero-order valence-electron chi connectivity index (χ0n) is 7.02. The number of nitrogens with one attached hydrogen (secondary N) is 2. The Hall–Kier alpha value is -0.610. The number of carbonyl (C=O) groups excluding carboxylic acids is 1. The van der Waals surface area contributed by atoms with Gasteiger partial charge in [0.1, 0.15) is 0 Å². The number of hydrogen-bond donors (Lipinski definition) is 3. The molecule has 0 spiro atoms. The average Bonchev–Trinajstić information content (AvgIpc) is 1.99. The Morgan fingerprint density at radius 1 is 1.36 bits per heavy atom. The van der Waals surface area contributed by atoms with Gasteiger partial charge in [0.25, 0.3) is 0 Å². The first-order valence-corrected chi connectivity index (χ1v) is 3.97. The molecule has 0 aromatic heterocycles. The molecule has 0 aromatic carbocycles. The fourth-order valence-corrected chi connectivity index (χ4v) is 0.809. The summed E-state index contributed by atoms with van der Waals surface area (Å²) in [6, 6.07) is 0. The summed E-state index contributed by atoms with van der Waals surface area (Å²) in [6.07, 6.45) is 3.55. The minimum atomic E-state index is 0.0459. The minimum absolute atomic E-state index is 0.0459. The molecule has 0 saturated heterocycles. The van der Waals surface area contributed by atoms with Crippen molar-refractivity contribution in [1.82, 2.24) is 10.9 Å². The molecule has 0 aliphatic carbocycles. The van der Waals surface area contributed by atoms with Crippen LogP contribution in [0, 0.1) is 0 Å². The summed E-state index contributed by atoms with van der Waals surface area (Å²) in [5, 5.41) is 0. The van der Waals surface area contributed by atoms with Gasteiger partial charge in [0.05, 0.1) is 0 Å². The maximum Gasteiger partial charge on any atom is 0.234 e. The Labute approximate surface area is 67.5 Å². The molecule has 0 rings (SSSR count). The Bertz CT molecular complexity index is 106. The number of nitrogens with two attached hydrogens (primary N) is 1. The highest BCUT2D eigenvalue weighted by molar-refractivity contribution is 5.75. The molecule has 1 amide bonds. The van der Waals surface area contributed by atoms with Crippen molar-refractivity contribution in [1.29, 1.82) is 0 Å². The van der Waals surface area contributed by atoms with Gasteiger partial charge in [0.2, 0.25) is 5.91 Å². The van der Waals surface area contributed by atoms with Gasteiger partial charge in [0, 0.05) is 13.5 Å². The van der Waals surface area contributed by atoms with Crippen LogP contribution >= 0.6 is 0 Å². The largest absolute Gasteiger partial charge is 0.330 e. The predicted molar refractivity (Wildman–Crippen MR) is 44.7 cm³/mol. The van der Waals surface area contributed by atoms with Gasteiger partial charge in [-0.1, -0.05) is 6.42 Å². The number of carbonyl (C=O) groups is 1. The second-order valence-corrected chi connectivity index (χ2v) is 2.40. The van der Waals surface area contributed by atoms with Crippen molar-refractivity contribution in [2.75, 3.05) is 13.6 Å². The number of unbranched alkanes of at least 4 members (excludes halogenated alkanes) is 2. The van der Waals surface area contributed by atoms with E-state index in [-0.39, 0.29) is 5.91 Å². The molecule has 4 nitrogen and oxygen atoms in total. The van der Waals surface area contributed by atoms with Crippen LogP contribution in [0.1, 0.15) is 25.7 Å². The maximum atomic E-state index is 10.8. The molecule has 11 heavy (non-hydrogen) atoms. The summed E-state index contributed by atoms with van der Waals surface area (Å²) < 4.78 is 0. The quantitative estimate of drug-likeness (QED) is 0.370. The van der Waals surface area contributed by atoms with Crippen LogP contribution in [0.2, 0.25) is 0 Å². The summed E-state index contributed by atoms with van der Waals surface area (Å²) >= 11 is 0. The van der Waals surface area contributed by atoms with Gasteiger partial charge in [-0.3, -0.25) is 10.2 Å². The van der Waals surface area contributed by atoms with Crippen molar-refractivity contribution in [3.05, 3.63) is 0 Å². The summed E-state index contributed by atoms with van der Waals surface area (Å²) in [6.45, 7) is 0.716. The molecule has 0 unspecified atom stereocenters. The third kappa shape index (κ3) is 7.29. The van der Waals surface area contributed by atoms with Crippen LogP contribution in [0.25, 0.3) is 0 Å². The third-order valence-electron chi connectivity index (χ3n) is 1.37. The minimum Gasteiger partial charge on any atom is -0.330 e. The van der Waals surface area contributed by atoms with Gasteiger partial charge in [-0.05, 0) is 19.4 Å². The Morgan fingerprint density at radius 3 is 2.64 bits per heavy atom. The Kier molecular flexibility index (Phi) is 7.08. The SMILES string of the molecule is CNNC(=O)CCCCCN. The van der Waals surface area contributed by atoms with Crippen molar-refractivity contribution in [3.63, 3.8) is 0 Å². The summed E-state index contributed by atoms with van der Waals surface area (Å²) in [5.41, 5.74) is 10.4. The van der Waals surface area contributed by atoms with E-state index in [0.29, 0.717) is 13.0 Å². The molecule has 0 bridgehead atoms. The molecule has 0 radical (unpaired) electrons. The van der Waals surface area contributed by atoms with Gasteiger partial charge < -0.3 is 5.73 Å². The van der Waals surface area contributed by atoms with Crippen LogP contribution < -0.4 is 16.6 Å². The summed E-state index contributed by atoms with van der Waals surface area (Å²) in [4.78, 5) is 10.8. The number of amides is 1. The van der Waals surface area contributed by atoms with Gasteiger partial charge in [-0.15, -0.1) is 0 Å². The molecule has 0 aromatic rings. The van der Waals surface area contributed by atoms with Crippen molar-refractivity contribution in [2.45, 2.75) is 25.7 Å². The molecule has 0 saturated carbocycles. The standard InChI is InChI=1S/C7H17N3O/c1-9-10-7(11)5-3-2-4-6-8/h9H,2-6,8H2,1H3,(H,10,11). The van der Waals surface area contributed by atoms with Crippen molar-refractivity contribution >= 4 is 5.91 Å². The van der Waals surface area contributed by atoms with Crippen LogP contribution in [0.15, 0.2) is 0 Å². The van der Waals surface area contributed by atoms with Gasteiger partial charge in [0.15, 0.2) is 0 Å². The van der Waals surface area contributed by atoms with E-state index in [9.17, 15) is 4.79 Å². The molecule has 0 aliphatic rings. The van der Waals surface area contributed by atoms with Gasteiger partial charge in [-0.2, -0.15) is 0 Å². The first kappa shape index (κ1) is 10.4. The third-order valence-corrected chi connectivity index (χ3v) is 1.37. The zero-order chi connectivity index (χ0) is 8.53. The van der Waals surface area contributed by atoms with E-state index in [4.69, 9.17) is 5.73 Å². The zero-order valence-corrected chi connectivity index (χ0v) is 7.02. The van der Waals surface area contributed by atoms with E-state index < -0.39 is 0 Å². The van der Waals surface area contributed by atoms with Crippen molar-refractivity contribution < 1.29 is 4.79 Å². The fraction of sp³-hybridized carbons (Fsp3) is 0.857. The smallest absolute Gasteiger partial charge is 0.234 e. The molecule has 0 heterocycles. The monoisotopic (exact) mass is 159 g/mol. The second kappa shape index (κ2) is 7.50. The second-order valence-electron chi connectivity index (χ2n) is 2.40. The molecular formula is C7H17N3O. The molecule has 4 N–H and O–H groups in total.